The molecule has 2 aromatic carbocycles. The van der Waals surface area contributed by atoms with Gasteiger partial charge in [0.1, 0.15) is 0 Å². The van der Waals surface area contributed by atoms with Crippen LogP contribution in [0.5, 0.6) is 0 Å². The van der Waals surface area contributed by atoms with Gasteiger partial charge in [-0.1, -0.05) is 48.5 Å². The zero-order chi connectivity index (χ0) is 17.1. The fraction of sp³-hybridized carbons (Fsp3) is 0.300. The van der Waals surface area contributed by atoms with Crippen molar-refractivity contribution in [1.29, 1.82) is 0 Å². The summed E-state index contributed by atoms with van der Waals surface area (Å²) < 4.78 is 5.64. The molecule has 2 aromatic rings. The van der Waals surface area contributed by atoms with Crippen molar-refractivity contribution in [1.82, 2.24) is 4.90 Å². The zero-order valence-corrected chi connectivity index (χ0v) is 13.9. The van der Waals surface area contributed by atoms with Gasteiger partial charge in [-0.25, -0.2) is 0 Å². The molecule has 1 saturated heterocycles. The first-order chi connectivity index (χ1) is 11.6. The highest BCUT2D eigenvalue weighted by Crippen LogP contribution is 2.43. The molecule has 0 radical (unpaired) electrons. The molecule has 0 bridgehead atoms. The normalized spacial score (nSPS) is 21.2. The molecule has 0 aliphatic carbocycles. The Morgan fingerprint density at radius 1 is 1.08 bits per heavy atom. The van der Waals surface area contributed by atoms with Crippen molar-refractivity contribution >= 4 is 11.8 Å². The largest absolute Gasteiger partial charge is 0.378 e. The maximum Gasteiger partial charge on any atom is 0.261 e. The average molecular weight is 323 g/mol. The van der Waals surface area contributed by atoms with Crippen LogP contribution in [0.25, 0.3) is 0 Å². The number of benzene rings is 2. The number of likely N-dealkylation sites (tertiary alicyclic amines) is 1. The topological polar surface area (TPSA) is 46.6 Å². The van der Waals surface area contributed by atoms with Gasteiger partial charge in [-0.2, -0.15) is 0 Å². The first-order valence-corrected chi connectivity index (χ1v) is 8.24. The lowest BCUT2D eigenvalue weighted by molar-refractivity contribution is -0.161. The van der Waals surface area contributed by atoms with Gasteiger partial charge in [0, 0.05) is 12.2 Å². The quantitative estimate of drug-likeness (QED) is 0.625. The van der Waals surface area contributed by atoms with E-state index in [1.807, 2.05) is 50.2 Å². The first-order valence-electron chi connectivity index (χ1n) is 8.24. The number of rotatable bonds is 5. The molecule has 1 heterocycles. The van der Waals surface area contributed by atoms with Crippen LogP contribution in [0.15, 0.2) is 60.7 Å². The molecule has 0 N–H and O–H groups in total. The summed E-state index contributed by atoms with van der Waals surface area (Å²) in [6.45, 7) is 4.34. The molecule has 1 aliphatic heterocycles. The van der Waals surface area contributed by atoms with E-state index in [0.29, 0.717) is 12.2 Å². The van der Waals surface area contributed by atoms with Crippen LogP contribution in [0.4, 0.5) is 0 Å². The van der Waals surface area contributed by atoms with Gasteiger partial charge in [0.05, 0.1) is 18.1 Å². The Balaban J connectivity index is 1.93. The van der Waals surface area contributed by atoms with E-state index in [9.17, 15) is 9.59 Å². The van der Waals surface area contributed by atoms with E-state index in [1.54, 1.807) is 24.3 Å². The van der Waals surface area contributed by atoms with Gasteiger partial charge in [-0.15, -0.1) is 0 Å². The minimum atomic E-state index is -0.333. The highest BCUT2D eigenvalue weighted by Gasteiger charge is 2.53. The lowest BCUT2D eigenvalue weighted by atomic mass is 9.78. The molecule has 3 atom stereocenters. The molecule has 124 valence electrons. The second-order valence-electron chi connectivity index (χ2n) is 5.92. The summed E-state index contributed by atoms with van der Waals surface area (Å²) in [5, 5.41) is 0. The molecule has 1 fully saturated rings. The van der Waals surface area contributed by atoms with Crippen LogP contribution in [0.2, 0.25) is 0 Å². The SMILES string of the molecule is CCOC(C)[C@@H]1C(=O)N(C(=O)c2ccccc2)[C@@H]1c1ccccc1. The summed E-state index contributed by atoms with van der Waals surface area (Å²) in [6.07, 6.45) is -0.229. The third-order valence-corrected chi connectivity index (χ3v) is 4.46. The number of carbonyl (C=O) groups is 2. The van der Waals surface area contributed by atoms with Crippen LogP contribution in [0.3, 0.4) is 0 Å². The molecule has 4 nitrogen and oxygen atoms in total. The summed E-state index contributed by atoms with van der Waals surface area (Å²) in [7, 11) is 0. The maximum atomic E-state index is 12.8. The minimum absolute atomic E-state index is 0.168. The lowest BCUT2D eigenvalue weighted by Crippen LogP contribution is -2.61. The Hall–Kier alpha value is -2.46. The number of ether oxygens (including phenoxy) is 1. The molecular formula is C20H21NO3. The van der Waals surface area contributed by atoms with Gasteiger partial charge < -0.3 is 4.74 Å². The summed E-state index contributed by atoms with van der Waals surface area (Å²) in [4.78, 5) is 26.9. The lowest BCUT2D eigenvalue weighted by Gasteiger charge is -2.48. The molecule has 0 aromatic heterocycles. The summed E-state index contributed by atoms with van der Waals surface area (Å²) in [5.41, 5.74) is 1.48. The predicted molar refractivity (Wildman–Crippen MR) is 91.4 cm³/mol. The number of nitrogens with zero attached hydrogens (tertiary/aromatic N) is 1. The van der Waals surface area contributed by atoms with Gasteiger partial charge >= 0.3 is 0 Å². The van der Waals surface area contributed by atoms with E-state index < -0.39 is 0 Å². The Bertz CT molecular complexity index is 714. The number of hydrogen-bond donors (Lipinski definition) is 0. The van der Waals surface area contributed by atoms with E-state index in [-0.39, 0.29) is 29.9 Å². The summed E-state index contributed by atoms with van der Waals surface area (Å²) in [5.74, 6) is -0.756. The van der Waals surface area contributed by atoms with Crippen LogP contribution < -0.4 is 0 Å². The van der Waals surface area contributed by atoms with E-state index in [4.69, 9.17) is 4.74 Å². The summed E-state index contributed by atoms with van der Waals surface area (Å²) in [6, 6.07) is 18.3. The highest BCUT2D eigenvalue weighted by atomic mass is 16.5. The standard InChI is InChI=1S/C20H21NO3/c1-3-24-14(2)17-18(15-10-6-4-7-11-15)21(20(17)23)19(22)16-12-8-5-9-13-16/h4-14,17-18H,3H2,1-2H3/t14?,17-,18+/m0/s1. The zero-order valence-electron chi connectivity index (χ0n) is 13.9. The fourth-order valence-electron chi connectivity index (χ4n) is 3.29. The molecule has 0 saturated carbocycles. The third kappa shape index (κ3) is 2.85. The third-order valence-electron chi connectivity index (χ3n) is 4.46. The van der Waals surface area contributed by atoms with Crippen LogP contribution in [0.1, 0.15) is 35.8 Å². The van der Waals surface area contributed by atoms with E-state index in [2.05, 4.69) is 0 Å². The second-order valence-corrected chi connectivity index (χ2v) is 5.92. The van der Waals surface area contributed by atoms with Crippen molar-refractivity contribution in [3.8, 4) is 0 Å². The molecule has 2 amide bonds. The van der Waals surface area contributed by atoms with Crippen LogP contribution in [-0.4, -0.2) is 29.4 Å². The van der Waals surface area contributed by atoms with E-state index >= 15 is 0 Å². The number of β-lactam (4-membered cyclic amide) rings is 1. The van der Waals surface area contributed by atoms with Crippen LogP contribution in [-0.2, 0) is 9.53 Å². The Kier molecular flexibility index (Phi) is 4.76. The predicted octanol–water partition coefficient (Wildman–Crippen LogP) is 3.45. The van der Waals surface area contributed by atoms with Crippen molar-refractivity contribution in [2.45, 2.75) is 26.0 Å². The molecular weight excluding hydrogens is 302 g/mol. The van der Waals surface area contributed by atoms with Crippen LogP contribution in [0, 0.1) is 5.92 Å². The van der Waals surface area contributed by atoms with Crippen molar-refractivity contribution < 1.29 is 14.3 Å². The molecule has 3 rings (SSSR count). The molecule has 4 heteroatoms. The van der Waals surface area contributed by atoms with Gasteiger partial charge in [0.2, 0.25) is 5.91 Å². The highest BCUT2D eigenvalue weighted by molar-refractivity contribution is 6.09. The molecule has 1 aliphatic rings. The van der Waals surface area contributed by atoms with Gasteiger partial charge in [0.25, 0.3) is 5.91 Å². The molecule has 0 spiro atoms. The maximum absolute atomic E-state index is 12.8. The average Bonchev–Trinajstić information content (AvgIpc) is 2.61. The van der Waals surface area contributed by atoms with Crippen molar-refractivity contribution in [3.63, 3.8) is 0 Å². The number of imide groups is 1. The Morgan fingerprint density at radius 2 is 1.67 bits per heavy atom. The monoisotopic (exact) mass is 323 g/mol. The van der Waals surface area contributed by atoms with Gasteiger partial charge in [-0.3, -0.25) is 14.5 Å². The van der Waals surface area contributed by atoms with Crippen molar-refractivity contribution in [2.24, 2.45) is 5.92 Å². The van der Waals surface area contributed by atoms with E-state index in [1.165, 1.54) is 4.90 Å². The number of hydrogen-bond acceptors (Lipinski definition) is 3. The van der Waals surface area contributed by atoms with Crippen LogP contribution >= 0.6 is 0 Å². The Morgan fingerprint density at radius 3 is 2.25 bits per heavy atom. The second kappa shape index (κ2) is 6.97. The van der Waals surface area contributed by atoms with Crippen molar-refractivity contribution in [3.05, 3.63) is 71.8 Å². The van der Waals surface area contributed by atoms with E-state index in [0.717, 1.165) is 5.56 Å². The first kappa shape index (κ1) is 16.4. The fourth-order valence-corrected chi connectivity index (χ4v) is 3.29. The summed E-state index contributed by atoms with van der Waals surface area (Å²) >= 11 is 0. The number of amides is 2. The number of carbonyl (C=O) groups excluding carboxylic acids is 2. The Labute approximate surface area is 142 Å². The van der Waals surface area contributed by atoms with Gasteiger partial charge in [0.15, 0.2) is 0 Å². The molecule has 24 heavy (non-hydrogen) atoms. The minimum Gasteiger partial charge on any atom is -0.378 e. The van der Waals surface area contributed by atoms with Crippen molar-refractivity contribution in [2.75, 3.05) is 6.61 Å². The smallest absolute Gasteiger partial charge is 0.261 e. The molecule has 1 unspecified atom stereocenters. The van der Waals surface area contributed by atoms with Gasteiger partial charge in [-0.05, 0) is 31.5 Å².